The van der Waals surface area contributed by atoms with Crippen molar-refractivity contribution in [3.63, 3.8) is 0 Å². The lowest BCUT2D eigenvalue weighted by molar-refractivity contribution is -0.126. The van der Waals surface area contributed by atoms with Gasteiger partial charge in [-0.05, 0) is 43.2 Å². The van der Waals surface area contributed by atoms with Crippen LogP contribution < -0.4 is 20.5 Å². The predicted molar refractivity (Wildman–Crippen MR) is 140 cm³/mol. The fraction of sp³-hybridized carbons (Fsp3) is 0.407. The van der Waals surface area contributed by atoms with E-state index < -0.39 is 0 Å². The zero-order valence-electron chi connectivity index (χ0n) is 20.7. The number of hydrazine groups is 1. The summed E-state index contributed by atoms with van der Waals surface area (Å²) in [4.78, 5) is 32.1. The maximum atomic E-state index is 13.0. The van der Waals surface area contributed by atoms with Crippen LogP contribution in [0.3, 0.4) is 0 Å². The highest BCUT2D eigenvalue weighted by Gasteiger charge is 2.33. The van der Waals surface area contributed by atoms with E-state index in [0.29, 0.717) is 13.2 Å². The van der Waals surface area contributed by atoms with E-state index >= 15 is 0 Å². The van der Waals surface area contributed by atoms with Crippen LogP contribution in [0, 0.1) is 0 Å². The number of benzene rings is 2. The number of amides is 3. The van der Waals surface area contributed by atoms with E-state index in [-0.39, 0.29) is 24.0 Å². The minimum Gasteiger partial charge on any atom is -0.369 e. The number of hydrogen-bond donors (Lipinski definition) is 2. The zero-order valence-corrected chi connectivity index (χ0v) is 20.7. The van der Waals surface area contributed by atoms with Gasteiger partial charge in [0.15, 0.2) is 0 Å². The molecule has 8 heteroatoms. The molecule has 2 N–H and O–H groups in total. The molecule has 0 bridgehead atoms. The van der Waals surface area contributed by atoms with Gasteiger partial charge in [-0.2, -0.15) is 0 Å². The van der Waals surface area contributed by atoms with Gasteiger partial charge in [-0.1, -0.05) is 43.3 Å². The van der Waals surface area contributed by atoms with Crippen LogP contribution in [0.25, 0.3) is 0 Å². The van der Waals surface area contributed by atoms with Gasteiger partial charge in [-0.15, -0.1) is 6.58 Å². The van der Waals surface area contributed by atoms with Crippen molar-refractivity contribution >= 4 is 23.3 Å². The molecule has 2 aromatic carbocycles. The zero-order chi connectivity index (χ0) is 24.8. The van der Waals surface area contributed by atoms with Crippen LogP contribution in [0.5, 0.6) is 0 Å². The van der Waals surface area contributed by atoms with Crippen LogP contribution in [0.15, 0.2) is 67.3 Å². The van der Waals surface area contributed by atoms with E-state index in [1.165, 1.54) is 0 Å². The second-order valence-electron chi connectivity index (χ2n) is 9.04. The van der Waals surface area contributed by atoms with Crippen molar-refractivity contribution in [3.05, 3.63) is 72.8 Å². The maximum absolute atomic E-state index is 13.0. The lowest BCUT2D eigenvalue weighted by Gasteiger charge is -2.39. The highest BCUT2D eigenvalue weighted by molar-refractivity contribution is 5.93. The third-order valence-electron chi connectivity index (χ3n) is 6.86. The van der Waals surface area contributed by atoms with Crippen LogP contribution in [-0.2, 0) is 4.79 Å². The standard InChI is InChI=1S/C27H36N6O2/c1-4-15-28-26(34)25(22-9-7-6-8-10-22)31-18-16-30(17-19-31)23-11-13-24(14-12-23)32-20-29-33(27(32)35)21(3)5-2/h4,6-14,21,25,29H,1,5,15-20H2,2-3H3,(H,28,34). The number of carbonyl (C=O) groups is 2. The van der Waals surface area contributed by atoms with Crippen LogP contribution in [-0.4, -0.2) is 67.3 Å². The van der Waals surface area contributed by atoms with Gasteiger partial charge in [-0.3, -0.25) is 19.6 Å². The quantitative estimate of drug-likeness (QED) is 0.543. The van der Waals surface area contributed by atoms with E-state index in [9.17, 15) is 9.59 Å². The summed E-state index contributed by atoms with van der Waals surface area (Å²) in [6, 6.07) is 18.0. The number of carbonyl (C=O) groups excluding carboxylic acids is 2. The van der Waals surface area contributed by atoms with Crippen molar-refractivity contribution in [1.82, 2.24) is 20.7 Å². The van der Waals surface area contributed by atoms with Gasteiger partial charge < -0.3 is 10.2 Å². The molecule has 2 atom stereocenters. The SMILES string of the molecule is C=CCNC(=O)C(c1ccccc1)N1CCN(c2ccc(N3CNN(C(C)CC)C3=O)cc2)CC1. The summed E-state index contributed by atoms with van der Waals surface area (Å²) in [6.45, 7) is 12.0. The summed E-state index contributed by atoms with van der Waals surface area (Å²) >= 11 is 0. The number of nitrogens with zero attached hydrogens (tertiary/aromatic N) is 4. The molecular formula is C27H36N6O2. The highest BCUT2D eigenvalue weighted by Crippen LogP contribution is 2.27. The first kappa shape index (κ1) is 24.8. The molecule has 35 heavy (non-hydrogen) atoms. The summed E-state index contributed by atoms with van der Waals surface area (Å²) in [7, 11) is 0. The average molecular weight is 477 g/mol. The first-order valence-corrected chi connectivity index (χ1v) is 12.4. The van der Waals surface area contributed by atoms with E-state index in [1.54, 1.807) is 16.0 Å². The Morgan fingerprint density at radius 1 is 1.06 bits per heavy atom. The summed E-state index contributed by atoms with van der Waals surface area (Å²) in [5, 5.41) is 4.68. The van der Waals surface area contributed by atoms with Gasteiger partial charge >= 0.3 is 6.03 Å². The Morgan fingerprint density at radius 3 is 2.34 bits per heavy atom. The van der Waals surface area contributed by atoms with Crippen molar-refractivity contribution < 1.29 is 9.59 Å². The Kier molecular flexibility index (Phi) is 8.05. The normalized spacial score (nSPS) is 18.5. The number of rotatable bonds is 9. The Hall–Kier alpha value is -3.36. The minimum absolute atomic E-state index is 0.00391. The largest absolute Gasteiger partial charge is 0.369 e. The second-order valence-corrected chi connectivity index (χ2v) is 9.04. The fourth-order valence-corrected chi connectivity index (χ4v) is 4.66. The molecule has 0 spiro atoms. The van der Waals surface area contributed by atoms with Crippen molar-refractivity contribution in [2.24, 2.45) is 0 Å². The molecule has 2 heterocycles. The molecule has 4 rings (SSSR count). The molecule has 8 nitrogen and oxygen atoms in total. The molecule has 0 aliphatic carbocycles. The van der Waals surface area contributed by atoms with E-state index in [0.717, 1.165) is 49.5 Å². The minimum atomic E-state index is -0.317. The lowest BCUT2D eigenvalue weighted by atomic mass is 10.0. The topological polar surface area (TPSA) is 71.2 Å². The van der Waals surface area contributed by atoms with Crippen molar-refractivity contribution in [2.45, 2.75) is 32.4 Å². The summed E-state index contributed by atoms with van der Waals surface area (Å²) < 4.78 is 0. The number of urea groups is 1. The van der Waals surface area contributed by atoms with Crippen molar-refractivity contribution in [1.29, 1.82) is 0 Å². The highest BCUT2D eigenvalue weighted by atomic mass is 16.2. The molecule has 2 aromatic rings. The lowest BCUT2D eigenvalue weighted by Crippen LogP contribution is -2.51. The molecule has 0 radical (unpaired) electrons. The van der Waals surface area contributed by atoms with Gasteiger partial charge in [0.2, 0.25) is 5.91 Å². The van der Waals surface area contributed by atoms with Crippen molar-refractivity contribution in [3.8, 4) is 0 Å². The first-order valence-electron chi connectivity index (χ1n) is 12.4. The van der Waals surface area contributed by atoms with Gasteiger partial charge in [0, 0.05) is 50.1 Å². The maximum Gasteiger partial charge on any atom is 0.340 e. The number of anilines is 2. The first-order chi connectivity index (χ1) is 17.0. The third kappa shape index (κ3) is 5.49. The van der Waals surface area contributed by atoms with Gasteiger partial charge in [0.05, 0.1) is 6.67 Å². The van der Waals surface area contributed by atoms with Crippen LogP contribution >= 0.6 is 0 Å². The molecule has 0 aromatic heterocycles. The molecule has 2 saturated heterocycles. The van der Waals surface area contributed by atoms with Crippen LogP contribution in [0.1, 0.15) is 31.9 Å². The number of nitrogens with one attached hydrogen (secondary N) is 2. The molecule has 3 amide bonds. The Morgan fingerprint density at radius 2 is 1.71 bits per heavy atom. The average Bonchev–Trinajstić information content (AvgIpc) is 3.29. The smallest absolute Gasteiger partial charge is 0.340 e. The molecular weight excluding hydrogens is 440 g/mol. The van der Waals surface area contributed by atoms with Crippen LogP contribution in [0.4, 0.5) is 16.2 Å². The van der Waals surface area contributed by atoms with Gasteiger partial charge in [-0.25, -0.2) is 10.2 Å². The molecule has 2 aliphatic rings. The van der Waals surface area contributed by atoms with Gasteiger partial charge in [0.1, 0.15) is 6.04 Å². The monoisotopic (exact) mass is 476 g/mol. The van der Waals surface area contributed by atoms with E-state index in [1.807, 2.05) is 49.4 Å². The van der Waals surface area contributed by atoms with E-state index in [4.69, 9.17) is 0 Å². The van der Waals surface area contributed by atoms with Gasteiger partial charge in [0.25, 0.3) is 0 Å². The summed E-state index contributed by atoms with van der Waals surface area (Å²) in [6.07, 6.45) is 2.60. The Balaban J connectivity index is 1.39. The second kappa shape index (κ2) is 11.4. The van der Waals surface area contributed by atoms with Crippen molar-refractivity contribution in [2.75, 3.05) is 49.2 Å². The third-order valence-corrected chi connectivity index (χ3v) is 6.86. The molecule has 2 unspecified atom stereocenters. The summed E-state index contributed by atoms with van der Waals surface area (Å²) in [5.41, 5.74) is 6.20. The number of piperazine rings is 1. The molecule has 2 aliphatic heterocycles. The molecule has 0 saturated carbocycles. The fourth-order valence-electron chi connectivity index (χ4n) is 4.66. The molecule has 2 fully saturated rings. The Labute approximate surface area is 208 Å². The predicted octanol–water partition coefficient (Wildman–Crippen LogP) is 3.35. The molecule has 186 valence electrons. The number of hydrogen-bond acceptors (Lipinski definition) is 5. The van der Waals surface area contributed by atoms with Crippen LogP contribution in [0.2, 0.25) is 0 Å². The van der Waals surface area contributed by atoms with E-state index in [2.05, 4.69) is 46.2 Å². The Bertz CT molecular complexity index is 1000. The summed E-state index contributed by atoms with van der Waals surface area (Å²) in [5.74, 6) is 0.00391.